The molecule has 2 aromatic heterocycles. The van der Waals surface area contributed by atoms with Gasteiger partial charge >= 0.3 is 11.9 Å². The highest BCUT2D eigenvalue weighted by atomic mass is 32.2. The van der Waals surface area contributed by atoms with E-state index in [1.165, 1.54) is 7.05 Å². The van der Waals surface area contributed by atoms with E-state index in [4.69, 9.17) is 0 Å². The highest BCUT2D eigenvalue weighted by Gasteiger charge is 2.37. The van der Waals surface area contributed by atoms with E-state index in [-0.39, 0.29) is 16.6 Å². The molecule has 0 unspecified atom stereocenters. The van der Waals surface area contributed by atoms with Gasteiger partial charge in [0.05, 0.1) is 0 Å². The van der Waals surface area contributed by atoms with Crippen molar-refractivity contribution in [1.29, 1.82) is 0 Å². The Balaban J connectivity index is 2.18. The highest BCUT2D eigenvalue weighted by molar-refractivity contribution is 7.98. The first-order valence-electron chi connectivity index (χ1n) is 5.19. The summed E-state index contributed by atoms with van der Waals surface area (Å²) in [5.41, 5.74) is -0.986. The van der Waals surface area contributed by atoms with Gasteiger partial charge in [0.1, 0.15) is 0 Å². The van der Waals surface area contributed by atoms with E-state index in [9.17, 15) is 22.8 Å². The van der Waals surface area contributed by atoms with Gasteiger partial charge in [-0.25, -0.2) is 4.79 Å². The summed E-state index contributed by atoms with van der Waals surface area (Å²) in [5.74, 6) is -1.03. The van der Waals surface area contributed by atoms with Crippen LogP contribution in [0.3, 0.4) is 0 Å². The van der Waals surface area contributed by atoms with Crippen molar-refractivity contribution in [1.82, 2.24) is 24.7 Å². The van der Waals surface area contributed by atoms with Gasteiger partial charge in [-0.15, -0.1) is 10.2 Å². The molecule has 7 nitrogen and oxygen atoms in total. The van der Waals surface area contributed by atoms with Crippen molar-refractivity contribution in [3.63, 3.8) is 0 Å². The fourth-order valence-electron chi connectivity index (χ4n) is 1.43. The molecule has 0 saturated carbocycles. The van der Waals surface area contributed by atoms with Gasteiger partial charge < -0.3 is 9.55 Å². The number of alkyl halides is 3. The summed E-state index contributed by atoms with van der Waals surface area (Å²) in [6, 6.07) is 1.15. The van der Waals surface area contributed by atoms with Crippen LogP contribution in [-0.2, 0) is 19.0 Å². The van der Waals surface area contributed by atoms with Gasteiger partial charge in [-0.2, -0.15) is 13.2 Å². The first-order chi connectivity index (χ1) is 9.27. The van der Waals surface area contributed by atoms with Gasteiger partial charge in [-0.3, -0.25) is 9.78 Å². The Bertz CT molecular complexity index is 704. The van der Waals surface area contributed by atoms with Crippen LogP contribution in [0, 0.1) is 0 Å². The molecule has 0 amide bonds. The fraction of sp³-hybridized carbons (Fsp3) is 0.333. The third kappa shape index (κ3) is 3.10. The fourth-order valence-corrected chi connectivity index (χ4v) is 2.25. The maximum atomic E-state index is 12.5. The van der Waals surface area contributed by atoms with E-state index in [2.05, 4.69) is 15.2 Å². The Labute approximate surface area is 113 Å². The van der Waals surface area contributed by atoms with Crippen molar-refractivity contribution in [3.05, 3.63) is 38.4 Å². The Morgan fingerprint density at radius 2 is 2.00 bits per heavy atom. The second kappa shape index (κ2) is 5.15. The van der Waals surface area contributed by atoms with Gasteiger partial charge in [0.15, 0.2) is 5.16 Å². The number of nitrogens with one attached hydrogen (secondary N) is 2. The van der Waals surface area contributed by atoms with Crippen LogP contribution in [0.2, 0.25) is 0 Å². The van der Waals surface area contributed by atoms with Gasteiger partial charge in [-0.05, 0) is 0 Å². The van der Waals surface area contributed by atoms with Crippen molar-refractivity contribution in [2.75, 3.05) is 0 Å². The molecule has 0 atom stereocenters. The molecule has 0 aliphatic carbocycles. The van der Waals surface area contributed by atoms with Gasteiger partial charge in [0, 0.05) is 24.6 Å². The minimum absolute atomic E-state index is 0.0263. The zero-order valence-electron chi connectivity index (χ0n) is 9.98. The van der Waals surface area contributed by atoms with Crippen molar-refractivity contribution >= 4 is 11.8 Å². The molecular formula is C9H8F3N5O2S. The summed E-state index contributed by atoms with van der Waals surface area (Å²) in [4.78, 5) is 26.4. The summed E-state index contributed by atoms with van der Waals surface area (Å²) in [7, 11) is 1.19. The summed E-state index contributed by atoms with van der Waals surface area (Å²) < 4.78 is 38.3. The smallest absolute Gasteiger partial charge is 0.310 e. The maximum Gasteiger partial charge on any atom is 0.451 e. The van der Waals surface area contributed by atoms with Crippen LogP contribution in [-0.4, -0.2) is 24.7 Å². The van der Waals surface area contributed by atoms with E-state index >= 15 is 0 Å². The molecule has 0 bridgehead atoms. The zero-order valence-corrected chi connectivity index (χ0v) is 10.8. The number of hydrogen-bond donors (Lipinski definition) is 2. The van der Waals surface area contributed by atoms with E-state index in [0.29, 0.717) is 0 Å². The maximum absolute atomic E-state index is 12.5. The summed E-state index contributed by atoms with van der Waals surface area (Å²) >= 11 is 0.921. The van der Waals surface area contributed by atoms with Crippen molar-refractivity contribution in [2.24, 2.45) is 7.05 Å². The van der Waals surface area contributed by atoms with Crippen LogP contribution in [0.15, 0.2) is 20.8 Å². The number of hydrogen-bond acceptors (Lipinski definition) is 5. The molecule has 0 aliphatic rings. The molecule has 0 aromatic carbocycles. The van der Waals surface area contributed by atoms with Crippen LogP contribution in [0.25, 0.3) is 0 Å². The molecule has 2 aromatic rings. The quantitative estimate of drug-likeness (QED) is 0.805. The molecule has 2 N–H and O–H groups in total. The number of nitrogens with zero attached hydrogens (tertiary/aromatic N) is 3. The third-order valence-electron chi connectivity index (χ3n) is 2.26. The predicted molar refractivity (Wildman–Crippen MR) is 63.2 cm³/mol. The summed E-state index contributed by atoms with van der Waals surface area (Å²) in [5, 5.41) is 6.51. The lowest BCUT2D eigenvalue weighted by Gasteiger charge is -2.06. The average molecular weight is 307 g/mol. The molecule has 0 aliphatic heterocycles. The average Bonchev–Trinajstić information content (AvgIpc) is 2.66. The molecule has 0 saturated heterocycles. The molecule has 11 heteroatoms. The number of rotatable bonds is 3. The second-order valence-electron chi connectivity index (χ2n) is 3.76. The normalized spacial score (nSPS) is 11.8. The zero-order chi connectivity index (χ0) is 14.9. The Hall–Kier alpha value is -2.04. The minimum atomic E-state index is -4.58. The second-order valence-corrected chi connectivity index (χ2v) is 4.71. The van der Waals surface area contributed by atoms with Gasteiger partial charge in [-0.1, -0.05) is 11.8 Å². The first-order valence-corrected chi connectivity index (χ1v) is 6.18. The molecule has 0 spiro atoms. The number of H-pyrrole nitrogens is 2. The monoisotopic (exact) mass is 307 g/mol. The predicted octanol–water partition coefficient (Wildman–Crippen LogP) is 0.503. The number of aromatic amines is 2. The lowest BCUT2D eigenvalue weighted by molar-refractivity contribution is -0.147. The largest absolute Gasteiger partial charge is 0.451 e. The SMILES string of the molecule is Cn1c(SCc2cc(=O)[nH]c(=O)[nH]2)nnc1C(F)(F)F. The van der Waals surface area contributed by atoms with Gasteiger partial charge in [0.2, 0.25) is 5.82 Å². The van der Waals surface area contributed by atoms with Gasteiger partial charge in [0.25, 0.3) is 5.56 Å². The summed E-state index contributed by atoms with van der Waals surface area (Å²) in [6.07, 6.45) is -4.58. The Kier molecular flexibility index (Phi) is 3.70. The van der Waals surface area contributed by atoms with E-state index in [1.807, 2.05) is 4.98 Å². The van der Waals surface area contributed by atoms with Crippen LogP contribution < -0.4 is 11.2 Å². The lowest BCUT2D eigenvalue weighted by atomic mass is 10.5. The van der Waals surface area contributed by atoms with Crippen molar-refractivity contribution in [2.45, 2.75) is 17.1 Å². The molecule has 0 radical (unpaired) electrons. The van der Waals surface area contributed by atoms with Crippen molar-refractivity contribution in [3.8, 4) is 0 Å². The molecular weight excluding hydrogens is 299 g/mol. The van der Waals surface area contributed by atoms with Crippen molar-refractivity contribution < 1.29 is 13.2 Å². The standard InChI is InChI=1S/C9H8F3N5O2S/c1-17-6(9(10,11)12)15-16-8(17)20-3-4-2-5(18)14-7(19)13-4/h2H,3H2,1H3,(H2,13,14,18,19). The van der Waals surface area contributed by atoms with Crippen LogP contribution in [0.4, 0.5) is 13.2 Å². The number of aromatic nitrogens is 5. The van der Waals surface area contributed by atoms with Crippen LogP contribution in [0.5, 0.6) is 0 Å². The topological polar surface area (TPSA) is 96.4 Å². The van der Waals surface area contributed by atoms with Crippen LogP contribution >= 0.6 is 11.8 Å². The highest BCUT2D eigenvalue weighted by Crippen LogP contribution is 2.30. The lowest BCUT2D eigenvalue weighted by Crippen LogP contribution is -2.22. The van der Waals surface area contributed by atoms with E-state index in [0.717, 1.165) is 22.4 Å². The van der Waals surface area contributed by atoms with E-state index < -0.39 is 23.2 Å². The number of halogens is 3. The molecule has 0 fully saturated rings. The minimum Gasteiger partial charge on any atom is -0.310 e. The van der Waals surface area contributed by atoms with E-state index in [1.54, 1.807) is 0 Å². The Morgan fingerprint density at radius 1 is 1.30 bits per heavy atom. The molecule has 20 heavy (non-hydrogen) atoms. The first kappa shape index (κ1) is 14.4. The summed E-state index contributed by atoms with van der Waals surface area (Å²) in [6.45, 7) is 0. The number of thioether (sulfide) groups is 1. The van der Waals surface area contributed by atoms with Crippen LogP contribution in [0.1, 0.15) is 11.5 Å². The Morgan fingerprint density at radius 3 is 2.55 bits per heavy atom. The molecule has 2 rings (SSSR count). The molecule has 108 valence electrons. The third-order valence-corrected chi connectivity index (χ3v) is 3.33. The molecule has 2 heterocycles.